The molecule has 0 amide bonds. The van der Waals surface area contributed by atoms with Crippen LogP contribution < -0.4 is 0 Å². The third kappa shape index (κ3) is 47.4. The van der Waals surface area contributed by atoms with Crippen molar-refractivity contribution in [3.05, 3.63) is 60.8 Å². The summed E-state index contributed by atoms with van der Waals surface area (Å²) in [6.07, 6.45) is 3.52. The van der Waals surface area contributed by atoms with E-state index in [1.807, 2.05) is 0 Å². The fourth-order valence-electron chi connectivity index (χ4n) is 5.35. The van der Waals surface area contributed by atoms with Crippen molar-refractivity contribution >= 4 is 83.6 Å². The molecule has 4 unspecified atom stereocenters. The van der Waals surface area contributed by atoms with E-state index in [1.54, 1.807) is 6.92 Å². The fourth-order valence-corrected chi connectivity index (χ4v) is 5.35. The third-order valence-electron chi connectivity index (χ3n) is 10.1. The van der Waals surface area contributed by atoms with Gasteiger partial charge in [0.1, 0.15) is 39.1 Å². The van der Waals surface area contributed by atoms with Gasteiger partial charge in [0, 0.05) is 47.1 Å². The van der Waals surface area contributed by atoms with Crippen LogP contribution >= 0.6 is 0 Å². The van der Waals surface area contributed by atoms with Gasteiger partial charge < -0.3 is 72.2 Å². The molecule has 29 heteroatoms. The van der Waals surface area contributed by atoms with Crippen molar-refractivity contribution in [2.45, 2.75) is 163 Å². The number of cyclic esters (lactones) is 5. The van der Waals surface area contributed by atoms with E-state index in [1.165, 1.54) is 41.5 Å². The number of aliphatic hydroxyl groups is 2. The number of hydrogen-bond acceptors (Lipinski definition) is 28. The molecule has 3 aliphatic heterocycles. The third-order valence-corrected chi connectivity index (χ3v) is 10.1. The van der Waals surface area contributed by atoms with Crippen LogP contribution in [0, 0.1) is 0 Å². The van der Waals surface area contributed by atoms with Crippen LogP contribution in [0.25, 0.3) is 0 Å². The van der Waals surface area contributed by atoms with Crippen LogP contribution in [-0.2, 0) is 124 Å². The molecule has 3 N–H and O–H groups in total. The number of aliphatic hydroxyl groups excluding tert-OH is 2. The van der Waals surface area contributed by atoms with Crippen molar-refractivity contribution in [2.75, 3.05) is 59.5 Å². The van der Waals surface area contributed by atoms with Crippen LogP contribution in [0.2, 0.25) is 0 Å². The standard InChI is InChI=1S/C20H28O10.C15H24O7.C6H8O4.C6H10O3.C6H10O2.C5H4O3/c1-13(2)19(25)29-11-10-27-16(21)8-6-5-7-9-28-20(26)15(4)30-17(22)12-14(3)18(23)24;1-11(2)14(18)22-10-9-20-13(17)7-5-4-6-8-21-15(19)12(3)16;1-3-5(7)10-4(2)6(8)9-3;1-5(2)6(8)9-4-3-7;7-6-4-2-1-3-5-8-6;1-3-2-4(6)8-5(3)7/h15H,1,3,5-12H2,2,4H3,(H,23,24);12,16H,1,4-10H2,2-3H3;3-4H,1-2H3;7H,1,3-4H2,2H3;1-5H2;1-2H2. The maximum atomic E-state index is 11.7. The first-order valence-corrected chi connectivity index (χ1v) is 27.3. The van der Waals surface area contributed by atoms with E-state index in [0.717, 1.165) is 19.3 Å². The zero-order valence-corrected chi connectivity index (χ0v) is 50.6. The second-order valence-corrected chi connectivity index (χ2v) is 18.5. The molecule has 0 aromatic rings. The predicted molar refractivity (Wildman–Crippen MR) is 299 cm³/mol. The van der Waals surface area contributed by atoms with E-state index in [0.29, 0.717) is 62.7 Å². The molecular formula is C58H84O29. The van der Waals surface area contributed by atoms with E-state index >= 15 is 0 Å². The van der Waals surface area contributed by atoms with Gasteiger partial charge in [-0.2, -0.15) is 0 Å². The molecule has 0 aliphatic carbocycles. The molecule has 0 saturated carbocycles. The minimum Gasteiger partial charge on any atom is -0.478 e. The number of carbonyl (C=O) groups is 14. The van der Waals surface area contributed by atoms with Crippen molar-refractivity contribution in [2.24, 2.45) is 0 Å². The normalized spacial score (nSPS) is 15.1. The lowest BCUT2D eigenvalue weighted by Crippen LogP contribution is -2.40. The number of carboxylic acids is 1. The lowest BCUT2D eigenvalue weighted by atomic mass is 10.2. The highest BCUT2D eigenvalue weighted by Gasteiger charge is 2.32. The smallest absolute Gasteiger partial charge is 0.347 e. The van der Waals surface area contributed by atoms with Crippen molar-refractivity contribution in [1.29, 1.82) is 0 Å². The van der Waals surface area contributed by atoms with Gasteiger partial charge in [0.25, 0.3) is 0 Å². The summed E-state index contributed by atoms with van der Waals surface area (Å²) >= 11 is 0. The van der Waals surface area contributed by atoms with Crippen molar-refractivity contribution < 1.29 is 139 Å². The Balaban J connectivity index is -0.00000106. The molecule has 0 radical (unpaired) electrons. The summed E-state index contributed by atoms with van der Waals surface area (Å²) in [6, 6.07) is 0. The molecule has 3 saturated heterocycles. The number of hydrogen-bond donors (Lipinski definition) is 3. The summed E-state index contributed by atoms with van der Waals surface area (Å²) in [5, 5.41) is 25.7. The van der Waals surface area contributed by atoms with Crippen LogP contribution in [0.4, 0.5) is 0 Å². The Morgan fingerprint density at radius 3 is 1.38 bits per heavy atom. The van der Waals surface area contributed by atoms with E-state index in [4.69, 9.17) is 53.2 Å². The van der Waals surface area contributed by atoms with Crippen LogP contribution in [-0.4, -0.2) is 183 Å². The van der Waals surface area contributed by atoms with Gasteiger partial charge in [0.2, 0.25) is 0 Å². The van der Waals surface area contributed by atoms with E-state index in [2.05, 4.69) is 51.8 Å². The van der Waals surface area contributed by atoms with Gasteiger partial charge in [-0.3, -0.25) is 24.0 Å². The second-order valence-electron chi connectivity index (χ2n) is 18.5. The zero-order valence-electron chi connectivity index (χ0n) is 50.6. The zero-order chi connectivity index (χ0) is 67.0. The van der Waals surface area contributed by atoms with Gasteiger partial charge in [-0.15, -0.1) is 0 Å². The minimum atomic E-state index is -1.32. The molecule has 490 valence electrons. The first kappa shape index (κ1) is 82.6. The molecule has 3 heterocycles. The van der Waals surface area contributed by atoms with Crippen LogP contribution in [0.15, 0.2) is 60.8 Å². The maximum Gasteiger partial charge on any atom is 0.347 e. The number of aliphatic carboxylic acids is 1. The predicted octanol–water partition coefficient (Wildman–Crippen LogP) is 3.93. The van der Waals surface area contributed by atoms with Crippen LogP contribution in [0.1, 0.15) is 138 Å². The van der Waals surface area contributed by atoms with E-state index in [-0.39, 0.29) is 101 Å². The number of carbonyl (C=O) groups excluding carboxylic acids is 13. The number of esters is 13. The summed E-state index contributed by atoms with van der Waals surface area (Å²) in [5.41, 5.74) is 0.812. The van der Waals surface area contributed by atoms with Crippen molar-refractivity contribution in [3.63, 3.8) is 0 Å². The molecule has 0 spiro atoms. The largest absolute Gasteiger partial charge is 0.478 e. The van der Waals surface area contributed by atoms with Crippen LogP contribution in [0.3, 0.4) is 0 Å². The maximum absolute atomic E-state index is 11.7. The Hall–Kier alpha value is -8.60. The molecule has 0 aromatic carbocycles. The molecule has 29 nitrogen and oxygen atoms in total. The van der Waals surface area contributed by atoms with E-state index in [9.17, 15) is 67.1 Å². The lowest BCUT2D eigenvalue weighted by molar-refractivity contribution is -0.191. The Morgan fingerprint density at radius 1 is 0.563 bits per heavy atom. The van der Waals surface area contributed by atoms with Crippen LogP contribution in [0.5, 0.6) is 0 Å². The first-order chi connectivity index (χ1) is 40.8. The highest BCUT2D eigenvalue weighted by Crippen LogP contribution is 2.12. The van der Waals surface area contributed by atoms with Gasteiger partial charge in [-0.1, -0.05) is 32.9 Å². The Bertz CT molecular complexity index is 2310. The topological polar surface area (TPSA) is 410 Å². The number of ether oxygens (including phenoxy) is 12. The molecule has 0 bridgehead atoms. The molecule has 87 heavy (non-hydrogen) atoms. The average molecular weight is 1250 g/mol. The summed E-state index contributed by atoms with van der Waals surface area (Å²) in [4.78, 5) is 152. The minimum absolute atomic E-state index is 0.00668. The number of unbranched alkanes of at least 4 members (excludes halogenated alkanes) is 4. The molecule has 0 aromatic heterocycles. The molecule has 3 fully saturated rings. The Morgan fingerprint density at radius 2 is 1.00 bits per heavy atom. The lowest BCUT2D eigenvalue weighted by Gasteiger charge is -2.22. The molecule has 3 rings (SSSR count). The number of carboxylic acid groups (broad SMARTS) is 1. The Kier molecular flexibility index (Phi) is 47.1. The van der Waals surface area contributed by atoms with Crippen molar-refractivity contribution in [3.8, 4) is 0 Å². The SMILES string of the molecule is C=C(C)C(=O)OCCO.C=C(C)C(=O)OCCOC(=O)CCCCCOC(=O)C(C)O.C=C(C)C(=O)OCCOC(=O)CCCCCOC(=O)C(C)OC(=O)CC(=C)C(=O)O.C=C1CC(=O)OC1=O.CC1OC(=O)C(C)OC1=O.O=C1CCCCCO1. The average Bonchev–Trinajstić information content (AvgIpc) is 3.67. The van der Waals surface area contributed by atoms with Crippen molar-refractivity contribution in [1.82, 2.24) is 0 Å². The monoisotopic (exact) mass is 1240 g/mol. The highest BCUT2D eigenvalue weighted by atomic mass is 16.7. The molecular weight excluding hydrogens is 1160 g/mol. The highest BCUT2D eigenvalue weighted by molar-refractivity contribution is 6.05. The van der Waals surface area contributed by atoms with Gasteiger partial charge in [0.15, 0.2) is 18.3 Å². The molecule has 4 atom stereocenters. The second kappa shape index (κ2) is 49.6. The summed E-state index contributed by atoms with van der Waals surface area (Å²) in [5.74, 6) is -8.00. The summed E-state index contributed by atoms with van der Waals surface area (Å²) < 4.78 is 56.4. The first-order valence-electron chi connectivity index (χ1n) is 27.3. The molecule has 3 aliphatic rings. The Labute approximate surface area is 504 Å². The van der Waals surface area contributed by atoms with Gasteiger partial charge >= 0.3 is 83.6 Å². The summed E-state index contributed by atoms with van der Waals surface area (Å²) in [6.45, 7) is 27.7. The van der Waals surface area contributed by atoms with Gasteiger partial charge in [-0.25, -0.2) is 43.2 Å². The summed E-state index contributed by atoms with van der Waals surface area (Å²) in [7, 11) is 0. The number of rotatable bonds is 29. The van der Waals surface area contributed by atoms with Gasteiger partial charge in [-0.05, 0) is 106 Å². The van der Waals surface area contributed by atoms with E-state index < -0.39 is 102 Å². The quantitative estimate of drug-likeness (QED) is 0.0314. The fraction of sp³-hybridized carbons (Fsp3) is 0.586. The van der Waals surface area contributed by atoms with Gasteiger partial charge in [0.05, 0.1) is 39.3 Å².